The maximum atomic E-state index is 5.18. The predicted molar refractivity (Wildman–Crippen MR) is 80.5 cm³/mol. The van der Waals surface area contributed by atoms with Gasteiger partial charge in [0.05, 0.1) is 12.1 Å². The lowest BCUT2D eigenvalue weighted by Gasteiger charge is -2.16. The van der Waals surface area contributed by atoms with Crippen LogP contribution in [0.4, 0.5) is 5.69 Å². The number of hydrogen-bond acceptors (Lipinski definition) is 4. The molecule has 0 saturated heterocycles. The molecule has 0 radical (unpaired) electrons. The standard InChI is InChI=1S/C14H17BrN2O2/c1-9-7-12(16-8-13(18-2)19-3)10-5-4-6-11(15)14(10)17-9/h4-7,13H,8H2,1-3H3,(H,16,17). The van der Waals surface area contributed by atoms with Crippen molar-refractivity contribution < 1.29 is 9.47 Å². The first kappa shape index (κ1) is 14.2. The molecule has 1 heterocycles. The van der Waals surface area contributed by atoms with Gasteiger partial charge in [-0.05, 0) is 35.0 Å². The van der Waals surface area contributed by atoms with E-state index in [9.17, 15) is 0 Å². The fourth-order valence-electron chi connectivity index (χ4n) is 1.94. The van der Waals surface area contributed by atoms with E-state index in [1.165, 1.54) is 0 Å². The van der Waals surface area contributed by atoms with E-state index < -0.39 is 0 Å². The summed E-state index contributed by atoms with van der Waals surface area (Å²) >= 11 is 3.53. The van der Waals surface area contributed by atoms with Gasteiger partial charge in [-0.1, -0.05) is 12.1 Å². The Bertz CT molecular complexity index is 571. The lowest BCUT2D eigenvalue weighted by molar-refractivity contribution is -0.0913. The van der Waals surface area contributed by atoms with Crippen LogP contribution in [0.25, 0.3) is 10.9 Å². The van der Waals surface area contributed by atoms with Gasteiger partial charge in [-0.25, -0.2) is 0 Å². The molecule has 0 amide bonds. The number of hydrogen-bond donors (Lipinski definition) is 1. The Balaban J connectivity index is 2.34. The minimum absolute atomic E-state index is 0.268. The number of aryl methyl sites for hydroxylation is 1. The first-order chi connectivity index (χ1) is 9.15. The molecule has 0 bridgehead atoms. The number of pyridine rings is 1. The van der Waals surface area contributed by atoms with Crippen LogP contribution in [0, 0.1) is 6.92 Å². The monoisotopic (exact) mass is 324 g/mol. The summed E-state index contributed by atoms with van der Waals surface area (Å²) in [6, 6.07) is 8.06. The molecule has 4 nitrogen and oxygen atoms in total. The largest absolute Gasteiger partial charge is 0.379 e. The molecule has 1 aromatic carbocycles. The highest BCUT2D eigenvalue weighted by molar-refractivity contribution is 9.10. The maximum Gasteiger partial charge on any atom is 0.173 e. The highest BCUT2D eigenvalue weighted by Gasteiger charge is 2.09. The SMILES string of the molecule is COC(CNc1cc(C)nc2c(Br)cccc12)OC. The van der Waals surface area contributed by atoms with Crippen LogP contribution in [0.3, 0.4) is 0 Å². The number of nitrogens with zero attached hydrogens (tertiary/aromatic N) is 1. The highest BCUT2D eigenvalue weighted by Crippen LogP contribution is 2.28. The average molecular weight is 325 g/mol. The van der Waals surface area contributed by atoms with Crippen molar-refractivity contribution in [1.29, 1.82) is 0 Å². The molecule has 1 N–H and O–H groups in total. The Morgan fingerprint density at radius 2 is 2.05 bits per heavy atom. The fraction of sp³-hybridized carbons (Fsp3) is 0.357. The van der Waals surface area contributed by atoms with Gasteiger partial charge >= 0.3 is 0 Å². The van der Waals surface area contributed by atoms with Crippen molar-refractivity contribution in [2.24, 2.45) is 0 Å². The Morgan fingerprint density at radius 1 is 1.32 bits per heavy atom. The minimum Gasteiger partial charge on any atom is -0.379 e. The van der Waals surface area contributed by atoms with Crippen LogP contribution in [-0.2, 0) is 9.47 Å². The number of nitrogens with one attached hydrogen (secondary N) is 1. The Kier molecular flexibility index (Phi) is 4.74. The normalized spacial score (nSPS) is 11.2. The lowest BCUT2D eigenvalue weighted by atomic mass is 10.1. The summed E-state index contributed by atoms with van der Waals surface area (Å²) in [6.45, 7) is 2.56. The van der Waals surface area contributed by atoms with Crippen molar-refractivity contribution in [3.05, 3.63) is 34.4 Å². The van der Waals surface area contributed by atoms with Gasteiger partial charge < -0.3 is 14.8 Å². The topological polar surface area (TPSA) is 43.4 Å². The van der Waals surface area contributed by atoms with E-state index in [1.807, 2.05) is 31.2 Å². The molecule has 0 spiro atoms. The molecule has 2 rings (SSSR count). The molecule has 0 saturated carbocycles. The molecular formula is C14H17BrN2O2. The molecular weight excluding hydrogens is 308 g/mol. The third kappa shape index (κ3) is 3.23. The molecule has 0 aliphatic carbocycles. The van der Waals surface area contributed by atoms with Gasteiger partial charge in [0.15, 0.2) is 6.29 Å². The summed E-state index contributed by atoms with van der Waals surface area (Å²) in [5, 5.41) is 4.42. The zero-order chi connectivity index (χ0) is 13.8. The van der Waals surface area contributed by atoms with Crippen LogP contribution in [0.2, 0.25) is 0 Å². The lowest BCUT2D eigenvalue weighted by Crippen LogP contribution is -2.23. The minimum atomic E-state index is -0.268. The van der Waals surface area contributed by atoms with E-state index in [0.717, 1.165) is 26.8 Å². The second-order valence-electron chi connectivity index (χ2n) is 4.23. The van der Waals surface area contributed by atoms with E-state index in [2.05, 4.69) is 26.2 Å². The van der Waals surface area contributed by atoms with Gasteiger partial charge in [0, 0.05) is 35.5 Å². The number of halogens is 1. The number of rotatable bonds is 5. The average Bonchev–Trinajstić information content (AvgIpc) is 2.41. The number of anilines is 1. The van der Waals surface area contributed by atoms with Crippen LogP contribution < -0.4 is 5.32 Å². The molecule has 0 aliphatic rings. The third-order valence-corrected chi connectivity index (χ3v) is 3.54. The van der Waals surface area contributed by atoms with Crippen molar-refractivity contribution >= 4 is 32.5 Å². The van der Waals surface area contributed by atoms with Gasteiger partial charge in [-0.2, -0.15) is 0 Å². The summed E-state index contributed by atoms with van der Waals surface area (Å²) in [4.78, 5) is 4.55. The molecule has 1 aromatic heterocycles. The first-order valence-electron chi connectivity index (χ1n) is 6.01. The molecule has 5 heteroatoms. The van der Waals surface area contributed by atoms with E-state index in [0.29, 0.717) is 6.54 Å². The molecule has 0 unspecified atom stereocenters. The molecule has 2 aromatic rings. The summed E-state index contributed by atoms with van der Waals surface area (Å²) in [7, 11) is 3.25. The van der Waals surface area contributed by atoms with E-state index >= 15 is 0 Å². The Labute approximate surface area is 121 Å². The quantitative estimate of drug-likeness (QED) is 0.857. The van der Waals surface area contributed by atoms with Gasteiger partial charge in [-0.3, -0.25) is 4.98 Å². The van der Waals surface area contributed by atoms with Crippen molar-refractivity contribution in [2.45, 2.75) is 13.2 Å². The zero-order valence-electron chi connectivity index (χ0n) is 11.2. The Hall–Kier alpha value is -1.17. The van der Waals surface area contributed by atoms with Gasteiger partial charge in [0.25, 0.3) is 0 Å². The smallest absolute Gasteiger partial charge is 0.173 e. The zero-order valence-corrected chi connectivity index (χ0v) is 12.8. The number of para-hydroxylation sites is 1. The third-order valence-electron chi connectivity index (χ3n) is 2.90. The van der Waals surface area contributed by atoms with Gasteiger partial charge in [-0.15, -0.1) is 0 Å². The molecule has 102 valence electrons. The number of fused-ring (bicyclic) bond motifs is 1. The van der Waals surface area contributed by atoms with Gasteiger partial charge in [0.2, 0.25) is 0 Å². The van der Waals surface area contributed by atoms with Crippen molar-refractivity contribution in [3.8, 4) is 0 Å². The predicted octanol–water partition coefficient (Wildman–Crippen LogP) is 3.34. The second kappa shape index (κ2) is 6.32. The van der Waals surface area contributed by atoms with Crippen molar-refractivity contribution in [3.63, 3.8) is 0 Å². The molecule has 0 fully saturated rings. The number of ether oxygens (including phenoxy) is 2. The van der Waals surface area contributed by atoms with Crippen LogP contribution in [-0.4, -0.2) is 32.0 Å². The van der Waals surface area contributed by atoms with E-state index in [-0.39, 0.29) is 6.29 Å². The Morgan fingerprint density at radius 3 is 2.74 bits per heavy atom. The number of aromatic nitrogens is 1. The highest BCUT2D eigenvalue weighted by atomic mass is 79.9. The number of methoxy groups -OCH3 is 2. The summed E-state index contributed by atoms with van der Waals surface area (Å²) in [6.07, 6.45) is -0.268. The number of benzene rings is 1. The van der Waals surface area contributed by atoms with E-state index in [1.54, 1.807) is 14.2 Å². The van der Waals surface area contributed by atoms with Crippen molar-refractivity contribution in [2.75, 3.05) is 26.1 Å². The van der Waals surface area contributed by atoms with E-state index in [4.69, 9.17) is 9.47 Å². The van der Waals surface area contributed by atoms with Crippen LogP contribution >= 0.6 is 15.9 Å². The van der Waals surface area contributed by atoms with Crippen LogP contribution in [0.1, 0.15) is 5.69 Å². The van der Waals surface area contributed by atoms with Gasteiger partial charge in [0.1, 0.15) is 0 Å². The maximum absolute atomic E-state index is 5.18. The van der Waals surface area contributed by atoms with Crippen LogP contribution in [0.15, 0.2) is 28.7 Å². The molecule has 19 heavy (non-hydrogen) atoms. The van der Waals surface area contributed by atoms with Crippen molar-refractivity contribution in [1.82, 2.24) is 4.98 Å². The van der Waals surface area contributed by atoms with Crippen LogP contribution in [0.5, 0.6) is 0 Å². The second-order valence-corrected chi connectivity index (χ2v) is 5.08. The molecule has 0 atom stereocenters. The summed E-state index contributed by atoms with van der Waals surface area (Å²) < 4.78 is 11.3. The first-order valence-corrected chi connectivity index (χ1v) is 6.80. The fourth-order valence-corrected chi connectivity index (χ4v) is 2.40. The summed E-state index contributed by atoms with van der Waals surface area (Å²) in [5.74, 6) is 0. The summed E-state index contributed by atoms with van der Waals surface area (Å²) in [5.41, 5.74) is 2.95. The molecule has 0 aliphatic heterocycles.